The molecule has 2 aliphatic rings. The molecule has 0 aliphatic carbocycles. The van der Waals surface area contributed by atoms with Gasteiger partial charge < -0.3 is 14.3 Å². The summed E-state index contributed by atoms with van der Waals surface area (Å²) in [6.07, 6.45) is 4.40. The SMILES string of the molecule is O=C(O)CC1CC2(CCOCC2)CN1S(=O)(=O)c1ccoc1. The first-order valence-electron chi connectivity index (χ1n) is 7.27. The van der Waals surface area contributed by atoms with Crippen molar-refractivity contribution in [3.05, 3.63) is 18.6 Å². The standard InChI is InChI=1S/C14H19NO6S/c16-13(17)7-11-8-14(2-5-20-6-3-14)10-15(11)22(18,19)12-1-4-21-9-12/h1,4,9,11H,2-3,5-8,10H2,(H,16,17). The minimum atomic E-state index is -3.73. The van der Waals surface area contributed by atoms with E-state index >= 15 is 0 Å². The number of hydrogen-bond donors (Lipinski definition) is 1. The van der Waals surface area contributed by atoms with Crippen molar-refractivity contribution >= 4 is 16.0 Å². The molecule has 2 aliphatic heterocycles. The lowest BCUT2D eigenvalue weighted by Gasteiger charge is -2.33. The number of hydrogen-bond acceptors (Lipinski definition) is 5. The van der Waals surface area contributed by atoms with Crippen LogP contribution in [0.1, 0.15) is 25.7 Å². The summed E-state index contributed by atoms with van der Waals surface area (Å²) in [6, 6.07) is 0.873. The molecule has 1 spiro atoms. The van der Waals surface area contributed by atoms with Gasteiger partial charge in [0.25, 0.3) is 0 Å². The summed E-state index contributed by atoms with van der Waals surface area (Å²) in [5.74, 6) is -0.985. The predicted molar refractivity (Wildman–Crippen MR) is 75.7 cm³/mol. The van der Waals surface area contributed by atoms with Gasteiger partial charge in [0.2, 0.25) is 10.0 Å². The fourth-order valence-corrected chi connectivity index (χ4v) is 5.14. The molecule has 2 fully saturated rings. The number of rotatable bonds is 4. The Kier molecular flexibility index (Phi) is 4.00. The zero-order chi connectivity index (χ0) is 15.8. The number of sulfonamides is 1. The molecule has 1 aromatic heterocycles. The Bertz CT molecular complexity index is 632. The normalized spacial score (nSPS) is 25.5. The van der Waals surface area contributed by atoms with Gasteiger partial charge in [0.05, 0.1) is 12.7 Å². The van der Waals surface area contributed by atoms with Crippen LogP contribution >= 0.6 is 0 Å². The Balaban J connectivity index is 1.91. The maximum absolute atomic E-state index is 12.8. The summed E-state index contributed by atoms with van der Waals surface area (Å²) in [6.45, 7) is 1.54. The quantitative estimate of drug-likeness (QED) is 0.894. The summed E-state index contributed by atoms with van der Waals surface area (Å²) < 4.78 is 37.1. The van der Waals surface area contributed by atoms with Crippen LogP contribution in [-0.4, -0.2) is 49.6 Å². The van der Waals surface area contributed by atoms with Crippen molar-refractivity contribution in [2.45, 2.75) is 36.6 Å². The van der Waals surface area contributed by atoms with Crippen LogP contribution in [0.25, 0.3) is 0 Å². The first kappa shape index (κ1) is 15.5. The summed E-state index contributed by atoms with van der Waals surface area (Å²) in [5, 5.41) is 9.11. The monoisotopic (exact) mass is 329 g/mol. The van der Waals surface area contributed by atoms with Gasteiger partial charge in [0, 0.05) is 25.8 Å². The molecule has 22 heavy (non-hydrogen) atoms. The van der Waals surface area contributed by atoms with Gasteiger partial charge >= 0.3 is 5.97 Å². The highest BCUT2D eigenvalue weighted by Crippen LogP contribution is 2.45. The average Bonchev–Trinajstić information content (AvgIpc) is 3.08. The molecule has 7 nitrogen and oxygen atoms in total. The number of aliphatic carboxylic acids is 1. The minimum absolute atomic E-state index is 0.0759. The topological polar surface area (TPSA) is 97.0 Å². The summed E-state index contributed by atoms with van der Waals surface area (Å²) in [5.41, 5.74) is -0.171. The zero-order valence-electron chi connectivity index (χ0n) is 12.1. The van der Waals surface area contributed by atoms with Crippen molar-refractivity contribution in [2.75, 3.05) is 19.8 Å². The van der Waals surface area contributed by atoms with E-state index in [1.165, 1.54) is 22.9 Å². The smallest absolute Gasteiger partial charge is 0.304 e. The van der Waals surface area contributed by atoms with Crippen molar-refractivity contribution in [2.24, 2.45) is 5.41 Å². The Labute approximate surface area is 128 Å². The molecule has 8 heteroatoms. The van der Waals surface area contributed by atoms with Gasteiger partial charge in [-0.25, -0.2) is 8.42 Å². The molecular formula is C14H19NO6S. The zero-order valence-corrected chi connectivity index (χ0v) is 12.9. The van der Waals surface area contributed by atoms with Gasteiger partial charge in [-0.05, 0) is 30.7 Å². The van der Waals surface area contributed by atoms with E-state index in [1.54, 1.807) is 0 Å². The predicted octanol–water partition coefficient (Wildman–Crippen LogP) is 1.31. The van der Waals surface area contributed by atoms with Crippen LogP contribution in [0.5, 0.6) is 0 Å². The average molecular weight is 329 g/mol. The van der Waals surface area contributed by atoms with E-state index < -0.39 is 22.0 Å². The van der Waals surface area contributed by atoms with Gasteiger partial charge in [-0.15, -0.1) is 0 Å². The van der Waals surface area contributed by atoms with Gasteiger partial charge in [-0.3, -0.25) is 4.79 Å². The van der Waals surface area contributed by atoms with E-state index in [1.807, 2.05) is 0 Å². The Morgan fingerprint density at radius 2 is 2.14 bits per heavy atom. The van der Waals surface area contributed by atoms with E-state index in [0.29, 0.717) is 26.2 Å². The van der Waals surface area contributed by atoms with E-state index in [9.17, 15) is 13.2 Å². The Hall–Kier alpha value is -1.38. The van der Waals surface area contributed by atoms with E-state index in [-0.39, 0.29) is 16.7 Å². The lowest BCUT2D eigenvalue weighted by atomic mass is 9.78. The number of nitrogens with zero attached hydrogens (tertiary/aromatic N) is 1. The van der Waals surface area contributed by atoms with Crippen LogP contribution in [0.2, 0.25) is 0 Å². The van der Waals surface area contributed by atoms with Gasteiger partial charge in [-0.1, -0.05) is 0 Å². The van der Waals surface area contributed by atoms with Crippen molar-refractivity contribution < 1.29 is 27.5 Å². The molecule has 0 amide bonds. The molecule has 1 atom stereocenters. The van der Waals surface area contributed by atoms with E-state index in [2.05, 4.69) is 0 Å². The molecule has 1 aromatic rings. The summed E-state index contributed by atoms with van der Waals surface area (Å²) >= 11 is 0. The molecule has 2 saturated heterocycles. The van der Waals surface area contributed by atoms with Crippen molar-refractivity contribution in [3.8, 4) is 0 Å². The van der Waals surface area contributed by atoms with Crippen LogP contribution in [0.3, 0.4) is 0 Å². The first-order chi connectivity index (χ1) is 10.4. The summed E-state index contributed by atoms with van der Waals surface area (Å²) in [4.78, 5) is 11.2. The second-order valence-electron chi connectivity index (χ2n) is 6.08. The maximum atomic E-state index is 12.8. The van der Waals surface area contributed by atoms with Crippen molar-refractivity contribution in [1.82, 2.24) is 4.31 Å². The molecule has 3 rings (SSSR count). The summed E-state index contributed by atoms with van der Waals surface area (Å²) in [7, 11) is -3.73. The highest BCUT2D eigenvalue weighted by Gasteiger charge is 2.49. The molecule has 122 valence electrons. The number of furan rings is 1. The number of carbonyl (C=O) groups is 1. The third-order valence-corrected chi connectivity index (χ3v) is 6.51. The second kappa shape index (κ2) is 5.68. The molecule has 0 saturated carbocycles. The third kappa shape index (κ3) is 2.78. The minimum Gasteiger partial charge on any atom is -0.481 e. The fourth-order valence-electron chi connectivity index (χ4n) is 3.48. The molecule has 1 unspecified atom stereocenters. The molecular weight excluding hydrogens is 310 g/mol. The molecule has 0 bridgehead atoms. The Morgan fingerprint density at radius 3 is 2.73 bits per heavy atom. The lowest BCUT2D eigenvalue weighted by molar-refractivity contribution is -0.137. The fraction of sp³-hybridized carbons (Fsp3) is 0.643. The van der Waals surface area contributed by atoms with Crippen LogP contribution in [0, 0.1) is 5.41 Å². The van der Waals surface area contributed by atoms with Crippen molar-refractivity contribution in [3.63, 3.8) is 0 Å². The Morgan fingerprint density at radius 1 is 1.41 bits per heavy atom. The largest absolute Gasteiger partial charge is 0.481 e. The van der Waals surface area contributed by atoms with E-state index in [4.69, 9.17) is 14.3 Å². The lowest BCUT2D eigenvalue weighted by Crippen LogP contribution is -2.38. The number of ether oxygens (including phenoxy) is 1. The highest BCUT2D eigenvalue weighted by atomic mass is 32.2. The number of carboxylic acid groups (broad SMARTS) is 1. The molecule has 3 heterocycles. The van der Waals surface area contributed by atoms with Crippen molar-refractivity contribution in [1.29, 1.82) is 0 Å². The van der Waals surface area contributed by atoms with Crippen LogP contribution < -0.4 is 0 Å². The second-order valence-corrected chi connectivity index (χ2v) is 7.97. The third-order valence-electron chi connectivity index (χ3n) is 4.63. The first-order valence-corrected chi connectivity index (χ1v) is 8.71. The maximum Gasteiger partial charge on any atom is 0.304 e. The van der Waals surface area contributed by atoms with Gasteiger partial charge in [0.15, 0.2) is 0 Å². The van der Waals surface area contributed by atoms with Gasteiger partial charge in [-0.2, -0.15) is 4.31 Å². The molecule has 0 radical (unpaired) electrons. The molecule has 0 aromatic carbocycles. The number of carboxylic acids is 1. The van der Waals surface area contributed by atoms with E-state index in [0.717, 1.165) is 12.8 Å². The van der Waals surface area contributed by atoms with Crippen LogP contribution in [-0.2, 0) is 19.6 Å². The van der Waals surface area contributed by atoms with Gasteiger partial charge in [0.1, 0.15) is 11.2 Å². The van der Waals surface area contributed by atoms with Crippen LogP contribution in [0.4, 0.5) is 0 Å². The highest BCUT2D eigenvalue weighted by molar-refractivity contribution is 7.89. The van der Waals surface area contributed by atoms with Crippen LogP contribution in [0.15, 0.2) is 27.9 Å². The molecule has 1 N–H and O–H groups in total.